The molecule has 0 saturated carbocycles. The molecule has 0 bridgehead atoms. The molecule has 4 nitrogen and oxygen atoms in total. The smallest absolute Gasteiger partial charge is 0.492 e. The summed E-state index contributed by atoms with van der Waals surface area (Å²) in [5, 5.41) is 19.7. The molecule has 2 N–H and O–H groups in total. The predicted molar refractivity (Wildman–Crippen MR) is 89.3 cm³/mol. The van der Waals surface area contributed by atoms with Crippen LogP contribution in [0.15, 0.2) is 17.6 Å². The monoisotopic (exact) mass is 344 g/mol. The van der Waals surface area contributed by atoms with Gasteiger partial charge in [-0.1, -0.05) is 29.3 Å². The van der Waals surface area contributed by atoms with Crippen LogP contribution in [-0.2, 0) is 9.31 Å². The summed E-state index contributed by atoms with van der Waals surface area (Å²) in [4.78, 5) is 0. The molecule has 1 aromatic rings. The van der Waals surface area contributed by atoms with E-state index in [2.05, 4.69) is 0 Å². The number of benzene rings is 1. The molecule has 7 heteroatoms. The van der Waals surface area contributed by atoms with Crippen molar-refractivity contribution in [3.05, 3.63) is 33.2 Å². The van der Waals surface area contributed by atoms with Gasteiger partial charge in [0.15, 0.2) is 0 Å². The van der Waals surface area contributed by atoms with Crippen molar-refractivity contribution in [2.24, 2.45) is 0 Å². The fraction of sp³-hybridized carbons (Fsp3) is 0.467. The van der Waals surface area contributed by atoms with Gasteiger partial charge in [0.2, 0.25) is 0 Å². The fourth-order valence-corrected chi connectivity index (χ4v) is 2.43. The van der Waals surface area contributed by atoms with E-state index in [0.29, 0.717) is 16.1 Å². The quantitative estimate of drug-likeness (QED) is 0.821. The lowest BCUT2D eigenvalue weighted by atomic mass is 9.77. The van der Waals surface area contributed by atoms with Gasteiger partial charge in [-0.3, -0.25) is 0 Å². The maximum absolute atomic E-state index is 9.65. The molecule has 0 aliphatic carbocycles. The number of rotatable bonds is 3. The van der Waals surface area contributed by atoms with Crippen LogP contribution in [0.3, 0.4) is 0 Å². The van der Waals surface area contributed by atoms with Gasteiger partial charge in [0, 0.05) is 6.07 Å². The van der Waals surface area contributed by atoms with Gasteiger partial charge >= 0.3 is 7.12 Å². The Morgan fingerprint density at radius 3 is 2.18 bits per heavy atom. The van der Waals surface area contributed by atoms with Gasteiger partial charge in [-0.05, 0) is 44.8 Å². The summed E-state index contributed by atoms with van der Waals surface area (Å²) in [7, 11) is -0.668. The first-order chi connectivity index (χ1) is 10.1. The van der Waals surface area contributed by atoms with Crippen molar-refractivity contribution < 1.29 is 19.5 Å². The van der Waals surface area contributed by atoms with E-state index in [9.17, 15) is 10.2 Å². The molecule has 1 aromatic carbocycles. The van der Waals surface area contributed by atoms with Crippen molar-refractivity contribution in [1.82, 2.24) is 0 Å². The second-order valence-electron chi connectivity index (χ2n) is 6.29. The second-order valence-corrected chi connectivity index (χ2v) is 7.11. The number of hydrogen-bond donors (Lipinski definition) is 2. The van der Waals surface area contributed by atoms with Gasteiger partial charge in [-0.15, -0.1) is 0 Å². The second kappa shape index (κ2) is 6.06. The van der Waals surface area contributed by atoms with E-state index in [1.54, 1.807) is 6.08 Å². The zero-order valence-electron chi connectivity index (χ0n) is 13.0. The first-order valence-electron chi connectivity index (χ1n) is 6.92. The summed E-state index contributed by atoms with van der Waals surface area (Å²) in [6, 6.07) is 2.88. The van der Waals surface area contributed by atoms with E-state index in [-0.39, 0.29) is 17.4 Å². The van der Waals surface area contributed by atoms with Gasteiger partial charge in [0.1, 0.15) is 5.75 Å². The summed E-state index contributed by atoms with van der Waals surface area (Å²) >= 11 is 12.0. The van der Waals surface area contributed by atoms with Crippen LogP contribution in [-0.4, -0.2) is 35.1 Å². The largest absolute Gasteiger partial charge is 0.506 e. The minimum atomic E-state index is -0.668. The normalized spacial score (nSPS) is 20.5. The zero-order valence-corrected chi connectivity index (χ0v) is 14.5. The zero-order chi connectivity index (χ0) is 16.7. The van der Waals surface area contributed by atoms with E-state index >= 15 is 0 Å². The summed E-state index contributed by atoms with van der Waals surface area (Å²) in [5.41, 5.74) is 0.107. The van der Waals surface area contributed by atoms with Gasteiger partial charge in [-0.25, -0.2) is 0 Å². The highest BCUT2D eigenvalue weighted by Gasteiger charge is 2.52. The molecule has 1 aliphatic heterocycles. The summed E-state index contributed by atoms with van der Waals surface area (Å²) in [6.07, 6.45) is 1.66. The first-order valence-corrected chi connectivity index (χ1v) is 7.68. The highest BCUT2D eigenvalue weighted by Crippen LogP contribution is 2.39. The molecule has 1 saturated heterocycles. The molecule has 0 unspecified atom stereocenters. The molecule has 0 spiro atoms. The number of aromatic hydroxyl groups is 1. The summed E-state index contributed by atoms with van der Waals surface area (Å²) < 4.78 is 11.8. The van der Waals surface area contributed by atoms with Crippen LogP contribution < -0.4 is 0 Å². The molecule has 1 fully saturated rings. The molecule has 120 valence electrons. The van der Waals surface area contributed by atoms with E-state index in [1.165, 1.54) is 12.1 Å². The molecule has 1 aliphatic rings. The Bertz CT molecular complexity index is 598. The Balaban J connectivity index is 2.36. The Labute approximate surface area is 140 Å². The summed E-state index contributed by atoms with van der Waals surface area (Å²) in [6.45, 7) is 7.50. The Hall–Kier alpha value is -0.715. The molecule has 22 heavy (non-hydrogen) atoms. The lowest BCUT2D eigenvalue weighted by Crippen LogP contribution is -2.41. The molecule has 2 rings (SSSR count). The number of phenolic OH excluding ortho intramolecular Hbond substituents is 1. The molecule has 0 aromatic heterocycles. The molecular weight excluding hydrogens is 326 g/mol. The van der Waals surface area contributed by atoms with Crippen LogP contribution in [0, 0.1) is 0 Å². The SMILES string of the molecule is CC1(C)OB(C(=Cc2cc(Cl)c(O)cc2Cl)CO)OC1(C)C. The minimum absolute atomic E-state index is 0.0926. The molecule has 1 heterocycles. The van der Waals surface area contributed by atoms with Gasteiger partial charge in [0.05, 0.1) is 27.9 Å². The van der Waals surface area contributed by atoms with Gasteiger partial charge < -0.3 is 19.5 Å². The highest BCUT2D eigenvalue weighted by atomic mass is 35.5. The third kappa shape index (κ3) is 3.29. The van der Waals surface area contributed by atoms with E-state index in [0.717, 1.165) is 0 Å². The number of phenols is 1. The standard InChI is InChI=1S/C15H19BCl2O4/c1-14(2)15(3,4)22-16(21-14)10(8-19)5-9-6-12(18)13(20)7-11(9)17/h5-7,19-20H,8H2,1-4H3. The van der Waals surface area contributed by atoms with Crippen molar-refractivity contribution in [3.63, 3.8) is 0 Å². The third-order valence-corrected chi connectivity index (χ3v) is 4.78. The van der Waals surface area contributed by atoms with Crippen LogP contribution in [0.1, 0.15) is 33.3 Å². The van der Waals surface area contributed by atoms with E-state index in [4.69, 9.17) is 32.5 Å². The van der Waals surface area contributed by atoms with Crippen molar-refractivity contribution in [1.29, 1.82) is 0 Å². The van der Waals surface area contributed by atoms with Crippen molar-refractivity contribution >= 4 is 36.4 Å². The molecule has 0 amide bonds. The Morgan fingerprint density at radius 2 is 1.68 bits per heavy atom. The minimum Gasteiger partial charge on any atom is -0.506 e. The number of aliphatic hydroxyl groups excluding tert-OH is 1. The van der Waals surface area contributed by atoms with Crippen molar-refractivity contribution in [2.75, 3.05) is 6.61 Å². The van der Waals surface area contributed by atoms with Crippen LogP contribution in [0.4, 0.5) is 0 Å². The number of hydrogen-bond acceptors (Lipinski definition) is 4. The van der Waals surface area contributed by atoms with Crippen molar-refractivity contribution in [2.45, 2.75) is 38.9 Å². The molecule has 0 radical (unpaired) electrons. The maximum atomic E-state index is 9.65. The van der Waals surface area contributed by atoms with Gasteiger partial charge in [-0.2, -0.15) is 0 Å². The lowest BCUT2D eigenvalue weighted by molar-refractivity contribution is 0.00578. The predicted octanol–water partition coefficient (Wildman–Crippen LogP) is 3.71. The summed E-state index contributed by atoms with van der Waals surface area (Å²) in [5.74, 6) is -0.0926. The number of aliphatic hydroxyl groups is 1. The van der Waals surface area contributed by atoms with Crippen LogP contribution in [0.2, 0.25) is 10.0 Å². The van der Waals surface area contributed by atoms with Crippen LogP contribution >= 0.6 is 23.2 Å². The van der Waals surface area contributed by atoms with Crippen LogP contribution in [0.5, 0.6) is 5.75 Å². The molecule has 0 atom stereocenters. The first kappa shape index (κ1) is 17.6. The Kier molecular flexibility index (Phi) is 4.86. The van der Waals surface area contributed by atoms with Crippen LogP contribution in [0.25, 0.3) is 6.08 Å². The fourth-order valence-electron chi connectivity index (χ4n) is 2.04. The highest BCUT2D eigenvalue weighted by molar-refractivity contribution is 6.56. The third-order valence-electron chi connectivity index (χ3n) is 4.15. The van der Waals surface area contributed by atoms with E-state index in [1.807, 2.05) is 27.7 Å². The van der Waals surface area contributed by atoms with E-state index < -0.39 is 18.3 Å². The van der Waals surface area contributed by atoms with Crippen molar-refractivity contribution in [3.8, 4) is 5.75 Å². The molecular formula is C15H19BCl2O4. The lowest BCUT2D eigenvalue weighted by Gasteiger charge is -2.32. The topological polar surface area (TPSA) is 58.9 Å². The maximum Gasteiger partial charge on any atom is 0.492 e. The van der Waals surface area contributed by atoms with Gasteiger partial charge in [0.25, 0.3) is 0 Å². The Morgan fingerprint density at radius 1 is 1.14 bits per heavy atom. The average molecular weight is 345 g/mol. The number of halogens is 2. The average Bonchev–Trinajstić information content (AvgIpc) is 2.61.